The fourth-order valence-corrected chi connectivity index (χ4v) is 2.15. The maximum absolute atomic E-state index is 2.46. The molecule has 0 aliphatic carbocycles. The lowest BCUT2D eigenvalue weighted by molar-refractivity contribution is 0.661. The van der Waals surface area contributed by atoms with Gasteiger partial charge < -0.3 is 0 Å². The van der Waals surface area contributed by atoms with Crippen LogP contribution in [0.5, 0.6) is 0 Å². The maximum Gasteiger partial charge on any atom is 0.132 e. The normalized spacial score (nSPS) is 10.0. The highest BCUT2D eigenvalue weighted by Gasteiger charge is 1.90. The van der Waals surface area contributed by atoms with Crippen LogP contribution < -0.4 is 0 Å². The third kappa shape index (κ3) is 11.5. The Morgan fingerprint density at radius 3 is 2.09 bits per heavy atom. The summed E-state index contributed by atoms with van der Waals surface area (Å²) in [4.78, 5) is 0. The van der Waals surface area contributed by atoms with Crippen molar-refractivity contribution in [3.05, 3.63) is 0 Å². The standard InChI is InChI=1S/C8H17BI2/c10-7-5-3-1-2-4-6-9-8-11/h9H,1-8H2. The van der Waals surface area contributed by atoms with Crippen molar-refractivity contribution in [3.63, 3.8) is 0 Å². The summed E-state index contributed by atoms with van der Waals surface area (Å²) in [5.41, 5.74) is 0. The van der Waals surface area contributed by atoms with Crippen LogP contribution in [0, 0.1) is 0 Å². The predicted octanol–water partition coefficient (Wildman–Crippen LogP) is 3.62. The van der Waals surface area contributed by atoms with E-state index in [-0.39, 0.29) is 0 Å². The second-order valence-electron chi connectivity index (χ2n) is 2.85. The van der Waals surface area contributed by atoms with E-state index >= 15 is 0 Å². The molecule has 0 radical (unpaired) electrons. The number of halogens is 2. The summed E-state index contributed by atoms with van der Waals surface area (Å²) in [6.45, 7) is 0. The van der Waals surface area contributed by atoms with Gasteiger partial charge in [0.05, 0.1) is 0 Å². The quantitative estimate of drug-likeness (QED) is 0.262. The zero-order chi connectivity index (χ0) is 8.36. The molecule has 0 fully saturated rings. The summed E-state index contributed by atoms with van der Waals surface area (Å²) in [6.07, 6.45) is 8.72. The van der Waals surface area contributed by atoms with Gasteiger partial charge in [-0.1, -0.05) is 77.2 Å². The predicted molar refractivity (Wildman–Crippen MR) is 72.8 cm³/mol. The first-order valence-electron chi connectivity index (χ1n) is 4.53. The van der Waals surface area contributed by atoms with Crippen molar-refractivity contribution in [2.45, 2.75) is 38.4 Å². The highest BCUT2D eigenvalue weighted by molar-refractivity contribution is 14.1. The van der Waals surface area contributed by atoms with Crippen LogP contribution in [0.4, 0.5) is 0 Å². The summed E-state index contributed by atoms with van der Waals surface area (Å²) < 4.78 is 2.68. The lowest BCUT2D eigenvalue weighted by Gasteiger charge is -1.97. The van der Waals surface area contributed by atoms with Crippen molar-refractivity contribution in [2.75, 3.05) is 8.75 Å². The molecule has 3 heteroatoms. The van der Waals surface area contributed by atoms with Gasteiger partial charge in [0.15, 0.2) is 0 Å². The molecule has 11 heavy (non-hydrogen) atoms. The first-order valence-corrected chi connectivity index (χ1v) is 7.59. The van der Waals surface area contributed by atoms with E-state index in [9.17, 15) is 0 Å². The topological polar surface area (TPSA) is 0 Å². The van der Waals surface area contributed by atoms with Crippen molar-refractivity contribution in [1.82, 2.24) is 0 Å². The Morgan fingerprint density at radius 2 is 1.45 bits per heavy atom. The van der Waals surface area contributed by atoms with E-state index in [4.69, 9.17) is 0 Å². The van der Waals surface area contributed by atoms with Crippen molar-refractivity contribution < 1.29 is 0 Å². The number of unbranched alkanes of at least 4 members (excludes halogenated alkanes) is 4. The average Bonchev–Trinajstić information content (AvgIpc) is 2.03. The van der Waals surface area contributed by atoms with Crippen LogP contribution in [-0.2, 0) is 0 Å². The molecule has 0 saturated heterocycles. The van der Waals surface area contributed by atoms with Crippen molar-refractivity contribution in [3.8, 4) is 0 Å². The molecule has 0 rings (SSSR count). The molecule has 0 amide bonds. The highest BCUT2D eigenvalue weighted by Crippen LogP contribution is 2.06. The Bertz CT molecular complexity index is 61.1. The molecule has 0 aromatic rings. The molecule has 66 valence electrons. The molecule has 0 heterocycles. The van der Waals surface area contributed by atoms with E-state index in [0.29, 0.717) is 0 Å². The molecule has 0 bridgehead atoms. The van der Waals surface area contributed by atoms with E-state index in [1.807, 2.05) is 0 Å². The largest absolute Gasteiger partial charge is 0.132 e. The van der Waals surface area contributed by atoms with Gasteiger partial charge in [-0.2, -0.15) is 0 Å². The Morgan fingerprint density at radius 1 is 0.818 bits per heavy atom. The minimum atomic E-state index is 1.34. The molecule has 0 atom stereocenters. The average molecular weight is 378 g/mol. The van der Waals surface area contributed by atoms with Crippen LogP contribution in [0.3, 0.4) is 0 Å². The molecular weight excluding hydrogens is 361 g/mol. The van der Waals surface area contributed by atoms with Gasteiger partial charge >= 0.3 is 0 Å². The number of rotatable bonds is 8. The maximum atomic E-state index is 2.46. The molecular formula is C8H17BI2. The van der Waals surface area contributed by atoms with E-state index in [1.165, 1.54) is 54.5 Å². The third-order valence-corrected chi connectivity index (χ3v) is 3.29. The van der Waals surface area contributed by atoms with E-state index in [0.717, 1.165) is 0 Å². The lowest BCUT2D eigenvalue weighted by Crippen LogP contribution is -1.90. The summed E-state index contributed by atoms with van der Waals surface area (Å²) >= 11 is 4.92. The van der Waals surface area contributed by atoms with Gasteiger partial charge in [0.25, 0.3) is 0 Å². The second-order valence-corrected chi connectivity index (χ2v) is 5.01. The highest BCUT2D eigenvalue weighted by atomic mass is 127. The molecule has 0 aromatic heterocycles. The summed E-state index contributed by atoms with van der Waals surface area (Å²) in [5, 5.41) is 0. The first kappa shape index (κ1) is 12.5. The smallest absolute Gasteiger partial charge is 0.0957 e. The van der Waals surface area contributed by atoms with Gasteiger partial charge in [0.1, 0.15) is 7.28 Å². The van der Waals surface area contributed by atoms with Gasteiger partial charge in [0, 0.05) is 0 Å². The van der Waals surface area contributed by atoms with Crippen LogP contribution in [0.15, 0.2) is 0 Å². The molecule has 0 aromatic carbocycles. The van der Waals surface area contributed by atoms with Crippen molar-refractivity contribution >= 4 is 52.5 Å². The molecule has 0 N–H and O–H groups in total. The summed E-state index contributed by atoms with van der Waals surface area (Å²) in [6, 6.07) is 0. The minimum Gasteiger partial charge on any atom is -0.0957 e. The Balaban J connectivity index is 2.69. The van der Waals surface area contributed by atoms with Gasteiger partial charge in [-0.3, -0.25) is 0 Å². The lowest BCUT2D eigenvalue weighted by atomic mass is 9.76. The van der Waals surface area contributed by atoms with Crippen LogP contribution >= 0.6 is 45.2 Å². The van der Waals surface area contributed by atoms with Crippen molar-refractivity contribution in [2.24, 2.45) is 0 Å². The molecule has 0 unspecified atom stereocenters. The van der Waals surface area contributed by atoms with Crippen LogP contribution in [-0.4, -0.2) is 16.0 Å². The first-order chi connectivity index (χ1) is 5.41. The molecule has 0 spiro atoms. The van der Waals surface area contributed by atoms with Crippen LogP contribution in [0.25, 0.3) is 0 Å². The fraction of sp³-hybridized carbons (Fsp3) is 1.00. The second kappa shape index (κ2) is 11.5. The fourth-order valence-electron chi connectivity index (χ4n) is 1.07. The Labute approximate surface area is 98.8 Å². The minimum absolute atomic E-state index is 1.34. The monoisotopic (exact) mass is 378 g/mol. The molecule has 0 saturated carbocycles. The van der Waals surface area contributed by atoms with Gasteiger partial charge in [0.2, 0.25) is 0 Å². The van der Waals surface area contributed by atoms with E-state index in [1.54, 1.807) is 0 Å². The molecule has 0 aliphatic heterocycles. The molecule has 0 aliphatic rings. The number of hydrogen-bond donors (Lipinski definition) is 0. The SMILES string of the molecule is ICBCCCCCCCI. The summed E-state index contributed by atoms with van der Waals surface area (Å²) in [7, 11) is 1.42. The van der Waals surface area contributed by atoms with Gasteiger partial charge in [-0.05, 0) is 15.2 Å². The summed E-state index contributed by atoms with van der Waals surface area (Å²) in [5.74, 6) is 0. The number of hydrogen-bond acceptors (Lipinski definition) is 0. The zero-order valence-electron chi connectivity index (χ0n) is 7.12. The van der Waals surface area contributed by atoms with Gasteiger partial charge in [-0.25, -0.2) is 0 Å². The Hall–Kier alpha value is 1.52. The van der Waals surface area contributed by atoms with E-state index < -0.39 is 0 Å². The van der Waals surface area contributed by atoms with E-state index in [2.05, 4.69) is 45.2 Å². The number of alkyl halides is 2. The molecule has 0 nitrogen and oxygen atoms in total. The Kier molecular flexibility index (Phi) is 13.1. The third-order valence-electron chi connectivity index (χ3n) is 1.77. The van der Waals surface area contributed by atoms with Crippen molar-refractivity contribution in [1.29, 1.82) is 0 Å². The zero-order valence-corrected chi connectivity index (χ0v) is 11.4. The van der Waals surface area contributed by atoms with Gasteiger partial charge in [-0.15, -0.1) is 0 Å². The van der Waals surface area contributed by atoms with Crippen LogP contribution in [0.2, 0.25) is 6.32 Å². The van der Waals surface area contributed by atoms with Crippen LogP contribution in [0.1, 0.15) is 32.1 Å².